The fraction of sp³-hybridized carbons (Fsp3) is 0.462. The maximum Gasteiger partial charge on any atom is 0.282 e. The molecule has 0 spiro atoms. The van der Waals surface area contributed by atoms with E-state index in [9.17, 15) is 14.9 Å². The van der Waals surface area contributed by atoms with Crippen LogP contribution in [0.5, 0.6) is 0 Å². The summed E-state index contributed by atoms with van der Waals surface area (Å²) in [6.45, 7) is 4.59. The lowest BCUT2D eigenvalue weighted by molar-refractivity contribution is -0.385. The molecular formula is C13H17N3O3. The number of nitro benzene ring substituents is 1. The molecule has 0 aromatic heterocycles. The molecule has 1 aliphatic heterocycles. The van der Waals surface area contributed by atoms with E-state index in [0.29, 0.717) is 13.1 Å². The second-order valence-corrected chi connectivity index (χ2v) is 4.87. The van der Waals surface area contributed by atoms with E-state index in [2.05, 4.69) is 4.90 Å². The molecule has 0 bridgehead atoms. The highest BCUT2D eigenvalue weighted by Gasteiger charge is 2.26. The monoisotopic (exact) mass is 263 g/mol. The molecule has 0 saturated carbocycles. The van der Waals surface area contributed by atoms with Gasteiger partial charge in [0, 0.05) is 32.2 Å². The van der Waals surface area contributed by atoms with Crippen molar-refractivity contribution in [2.75, 3.05) is 33.2 Å². The van der Waals surface area contributed by atoms with Gasteiger partial charge in [-0.3, -0.25) is 14.9 Å². The number of benzene rings is 1. The van der Waals surface area contributed by atoms with Crippen LogP contribution in [0.2, 0.25) is 0 Å². The van der Waals surface area contributed by atoms with Crippen molar-refractivity contribution in [3.63, 3.8) is 0 Å². The molecule has 0 N–H and O–H groups in total. The van der Waals surface area contributed by atoms with Gasteiger partial charge >= 0.3 is 0 Å². The van der Waals surface area contributed by atoms with Gasteiger partial charge in [0.1, 0.15) is 5.56 Å². The third-order valence-corrected chi connectivity index (χ3v) is 3.37. The standard InChI is InChI=1S/C13H17N3O3/c1-10-3-4-11(12(9-10)16(18)19)13(17)15-7-5-14(2)6-8-15/h3-4,9H,5-8H2,1-2H3. The molecule has 1 aromatic rings. The van der Waals surface area contributed by atoms with E-state index in [1.165, 1.54) is 6.07 Å². The number of carbonyl (C=O) groups is 1. The lowest BCUT2D eigenvalue weighted by atomic mass is 10.1. The van der Waals surface area contributed by atoms with Gasteiger partial charge in [0.2, 0.25) is 0 Å². The van der Waals surface area contributed by atoms with Crippen molar-refractivity contribution < 1.29 is 9.72 Å². The summed E-state index contributed by atoms with van der Waals surface area (Å²) in [7, 11) is 2.00. The molecule has 6 nitrogen and oxygen atoms in total. The summed E-state index contributed by atoms with van der Waals surface area (Å²) < 4.78 is 0. The summed E-state index contributed by atoms with van der Waals surface area (Å²) in [5, 5.41) is 11.0. The van der Waals surface area contributed by atoms with Gasteiger partial charge in [0.05, 0.1) is 4.92 Å². The number of likely N-dealkylation sites (N-methyl/N-ethyl adjacent to an activating group) is 1. The minimum Gasteiger partial charge on any atom is -0.336 e. The average molecular weight is 263 g/mol. The Morgan fingerprint density at radius 2 is 1.89 bits per heavy atom. The van der Waals surface area contributed by atoms with E-state index in [1.54, 1.807) is 24.0 Å². The van der Waals surface area contributed by atoms with Crippen LogP contribution >= 0.6 is 0 Å². The van der Waals surface area contributed by atoms with Crippen LogP contribution in [-0.2, 0) is 0 Å². The van der Waals surface area contributed by atoms with E-state index in [1.807, 2.05) is 7.05 Å². The van der Waals surface area contributed by atoms with Crippen molar-refractivity contribution in [2.24, 2.45) is 0 Å². The molecule has 0 radical (unpaired) electrons. The highest BCUT2D eigenvalue weighted by atomic mass is 16.6. The molecular weight excluding hydrogens is 246 g/mol. The predicted octanol–water partition coefficient (Wildman–Crippen LogP) is 1.29. The van der Waals surface area contributed by atoms with Crippen molar-refractivity contribution >= 4 is 11.6 Å². The van der Waals surface area contributed by atoms with Gasteiger partial charge in [-0.05, 0) is 25.6 Å². The summed E-state index contributed by atoms with van der Waals surface area (Å²) >= 11 is 0. The summed E-state index contributed by atoms with van der Waals surface area (Å²) in [4.78, 5) is 26.7. The van der Waals surface area contributed by atoms with Gasteiger partial charge in [-0.2, -0.15) is 0 Å². The van der Waals surface area contributed by atoms with Crippen LogP contribution in [0.1, 0.15) is 15.9 Å². The largest absolute Gasteiger partial charge is 0.336 e. The highest BCUT2D eigenvalue weighted by molar-refractivity contribution is 5.98. The van der Waals surface area contributed by atoms with Gasteiger partial charge < -0.3 is 9.80 Å². The Bertz CT molecular complexity index is 508. The Morgan fingerprint density at radius 3 is 2.47 bits per heavy atom. The van der Waals surface area contributed by atoms with Crippen molar-refractivity contribution in [1.82, 2.24) is 9.80 Å². The third kappa shape index (κ3) is 2.90. The number of nitro groups is 1. The maximum atomic E-state index is 12.3. The summed E-state index contributed by atoms with van der Waals surface area (Å²) in [6, 6.07) is 4.73. The van der Waals surface area contributed by atoms with E-state index < -0.39 is 4.92 Å². The van der Waals surface area contributed by atoms with Crippen LogP contribution in [-0.4, -0.2) is 53.9 Å². The van der Waals surface area contributed by atoms with E-state index in [0.717, 1.165) is 18.7 Å². The Labute approximate surface area is 111 Å². The zero-order valence-electron chi connectivity index (χ0n) is 11.1. The Hall–Kier alpha value is -1.95. The average Bonchev–Trinajstić information content (AvgIpc) is 2.38. The molecule has 1 saturated heterocycles. The van der Waals surface area contributed by atoms with Gasteiger partial charge in [-0.1, -0.05) is 6.07 Å². The Kier molecular flexibility index (Phi) is 3.80. The van der Waals surface area contributed by atoms with E-state index >= 15 is 0 Å². The van der Waals surface area contributed by atoms with Crippen molar-refractivity contribution in [2.45, 2.75) is 6.92 Å². The number of rotatable bonds is 2. The maximum absolute atomic E-state index is 12.3. The minimum atomic E-state index is -0.490. The molecule has 2 rings (SSSR count). The van der Waals surface area contributed by atoms with Gasteiger partial charge in [0.25, 0.3) is 11.6 Å². The summed E-state index contributed by atoms with van der Waals surface area (Å²) in [5.74, 6) is -0.250. The Balaban J connectivity index is 2.26. The number of hydrogen-bond donors (Lipinski definition) is 0. The molecule has 1 fully saturated rings. The molecule has 102 valence electrons. The van der Waals surface area contributed by atoms with Gasteiger partial charge in [-0.25, -0.2) is 0 Å². The van der Waals surface area contributed by atoms with E-state index in [-0.39, 0.29) is 17.2 Å². The van der Waals surface area contributed by atoms with Crippen LogP contribution in [0.15, 0.2) is 18.2 Å². The summed E-state index contributed by atoms with van der Waals surface area (Å²) in [5.41, 5.74) is 0.853. The number of hydrogen-bond acceptors (Lipinski definition) is 4. The highest BCUT2D eigenvalue weighted by Crippen LogP contribution is 2.22. The number of carbonyl (C=O) groups excluding carboxylic acids is 1. The SMILES string of the molecule is Cc1ccc(C(=O)N2CCN(C)CC2)c([N+](=O)[O-])c1. The number of nitrogens with zero attached hydrogens (tertiary/aromatic N) is 3. The number of piperazine rings is 1. The first-order valence-electron chi connectivity index (χ1n) is 6.22. The molecule has 19 heavy (non-hydrogen) atoms. The minimum absolute atomic E-state index is 0.107. The van der Waals surface area contributed by atoms with Crippen LogP contribution in [0, 0.1) is 17.0 Å². The molecule has 1 aromatic carbocycles. The first kappa shape index (κ1) is 13.5. The molecule has 0 atom stereocenters. The van der Waals surface area contributed by atoms with Crippen molar-refractivity contribution in [1.29, 1.82) is 0 Å². The molecule has 6 heteroatoms. The van der Waals surface area contributed by atoms with Crippen LogP contribution in [0.25, 0.3) is 0 Å². The molecule has 0 aliphatic carbocycles. The Morgan fingerprint density at radius 1 is 1.26 bits per heavy atom. The number of aryl methyl sites for hydroxylation is 1. The zero-order valence-corrected chi connectivity index (χ0v) is 11.1. The normalized spacial score (nSPS) is 16.4. The lowest BCUT2D eigenvalue weighted by Gasteiger charge is -2.32. The van der Waals surface area contributed by atoms with Gasteiger partial charge in [-0.15, -0.1) is 0 Å². The second-order valence-electron chi connectivity index (χ2n) is 4.87. The fourth-order valence-corrected chi connectivity index (χ4v) is 2.15. The third-order valence-electron chi connectivity index (χ3n) is 3.37. The van der Waals surface area contributed by atoms with Crippen molar-refractivity contribution in [3.8, 4) is 0 Å². The van der Waals surface area contributed by atoms with Crippen LogP contribution in [0.4, 0.5) is 5.69 Å². The predicted molar refractivity (Wildman–Crippen MR) is 71.2 cm³/mol. The van der Waals surface area contributed by atoms with Crippen molar-refractivity contribution in [3.05, 3.63) is 39.4 Å². The number of amides is 1. The smallest absolute Gasteiger partial charge is 0.282 e. The molecule has 1 heterocycles. The topological polar surface area (TPSA) is 66.7 Å². The van der Waals surface area contributed by atoms with Crippen LogP contribution in [0.3, 0.4) is 0 Å². The lowest BCUT2D eigenvalue weighted by Crippen LogP contribution is -2.47. The quantitative estimate of drug-likeness (QED) is 0.595. The molecule has 0 unspecified atom stereocenters. The van der Waals surface area contributed by atoms with E-state index in [4.69, 9.17) is 0 Å². The first-order valence-corrected chi connectivity index (χ1v) is 6.22. The second kappa shape index (κ2) is 5.36. The molecule has 1 amide bonds. The summed E-state index contributed by atoms with van der Waals surface area (Å²) in [6.07, 6.45) is 0. The fourth-order valence-electron chi connectivity index (χ4n) is 2.15. The zero-order chi connectivity index (χ0) is 14.0. The van der Waals surface area contributed by atoms with Crippen LogP contribution < -0.4 is 0 Å². The van der Waals surface area contributed by atoms with Gasteiger partial charge in [0.15, 0.2) is 0 Å². The first-order chi connectivity index (χ1) is 8.99. The molecule has 1 aliphatic rings.